The lowest BCUT2D eigenvalue weighted by atomic mass is 10.1. The molecule has 3 aromatic rings. The van der Waals surface area contributed by atoms with Gasteiger partial charge in [-0.1, -0.05) is 0 Å². The summed E-state index contributed by atoms with van der Waals surface area (Å²) in [5.74, 6) is 1.78. The third-order valence-corrected chi connectivity index (χ3v) is 5.06. The molecule has 3 N–H and O–H groups in total. The summed E-state index contributed by atoms with van der Waals surface area (Å²) in [7, 11) is 3.23. The molecule has 0 amide bonds. The number of benzene rings is 1. The van der Waals surface area contributed by atoms with Crippen LogP contribution in [0, 0.1) is 13.8 Å². The summed E-state index contributed by atoms with van der Waals surface area (Å²) in [6.07, 6.45) is 1.74. The van der Waals surface area contributed by atoms with E-state index in [1.807, 2.05) is 32.0 Å². The predicted molar refractivity (Wildman–Crippen MR) is 105 cm³/mol. The molecule has 0 unspecified atom stereocenters. The van der Waals surface area contributed by atoms with E-state index >= 15 is 0 Å². The van der Waals surface area contributed by atoms with Gasteiger partial charge in [-0.05, 0) is 26.0 Å². The summed E-state index contributed by atoms with van der Waals surface area (Å²) in [4.78, 5) is 11.9. The van der Waals surface area contributed by atoms with Crippen LogP contribution < -0.4 is 9.47 Å². The van der Waals surface area contributed by atoms with Gasteiger partial charge in [0.2, 0.25) is 0 Å². The lowest BCUT2D eigenvalue weighted by Gasteiger charge is -2.13. The van der Waals surface area contributed by atoms with Gasteiger partial charge in [0.15, 0.2) is 5.75 Å². The second-order valence-corrected chi connectivity index (χ2v) is 6.83. The third-order valence-electron chi connectivity index (χ3n) is 3.90. The van der Waals surface area contributed by atoms with E-state index in [1.54, 1.807) is 20.4 Å². The number of imidazole rings is 1. The number of nitrogens with zero attached hydrogens (tertiary/aromatic N) is 2. The summed E-state index contributed by atoms with van der Waals surface area (Å²) >= 11 is -1.33. The quantitative estimate of drug-likeness (QED) is 0.519. The second kappa shape index (κ2) is 9.42. The van der Waals surface area contributed by atoms with Gasteiger partial charge in [-0.25, -0.2) is 0 Å². The van der Waals surface area contributed by atoms with Gasteiger partial charge in [-0.15, -0.1) is 0 Å². The fourth-order valence-electron chi connectivity index (χ4n) is 2.61. The summed E-state index contributed by atoms with van der Waals surface area (Å²) in [6.45, 7) is 3.86. The van der Waals surface area contributed by atoms with Crippen LogP contribution in [0.5, 0.6) is 11.5 Å². The molecule has 2 aromatic heterocycles. The zero-order valence-corrected chi connectivity index (χ0v) is 15.4. The molecule has 0 radical (unpaired) electrons. The molecular weight excluding hydrogens is 367 g/mol. The SMILES string of the molecule is COc1ccc2[nH]c([S@@+]([O-])Cc3ncc(C)c(OC)c3C)nc2c1.O.[MgH2]. The van der Waals surface area contributed by atoms with Crippen molar-refractivity contribution in [1.29, 1.82) is 0 Å². The summed E-state index contributed by atoms with van der Waals surface area (Å²) < 4.78 is 23.3. The monoisotopic (exact) mass is 389 g/mol. The standard InChI is InChI=1S/C17H19N3O3S.Mg.H2O.2H/c1-10-8-18-15(11(2)16(10)23-4)9-24(21)17-19-13-6-5-12(22-3)7-14(13)20-17;;;;/h5-8H,9H2,1-4H3,(H,19,20);;1H2;;/t24-;;;;/m0..../s1. The fraction of sp³-hybridized carbons (Fsp3) is 0.294. The number of H-pyrrole nitrogens is 1. The van der Waals surface area contributed by atoms with Crippen molar-refractivity contribution in [3.8, 4) is 11.5 Å². The van der Waals surface area contributed by atoms with Gasteiger partial charge in [0.25, 0.3) is 0 Å². The molecule has 0 aliphatic heterocycles. The highest BCUT2D eigenvalue weighted by atomic mass is 32.2. The summed E-state index contributed by atoms with van der Waals surface area (Å²) in [6, 6.07) is 5.51. The van der Waals surface area contributed by atoms with Gasteiger partial charge >= 0.3 is 28.2 Å². The summed E-state index contributed by atoms with van der Waals surface area (Å²) in [5, 5.41) is 0.430. The molecule has 0 saturated heterocycles. The third kappa shape index (κ3) is 4.41. The van der Waals surface area contributed by atoms with Gasteiger partial charge in [-0.3, -0.25) is 9.97 Å². The van der Waals surface area contributed by atoms with Crippen LogP contribution in [-0.2, 0) is 16.9 Å². The average molecular weight is 390 g/mol. The maximum Gasteiger partial charge on any atom is 0.322 e. The molecule has 0 bridgehead atoms. The number of hydrogen-bond donors (Lipinski definition) is 1. The maximum atomic E-state index is 12.7. The number of fused-ring (bicyclic) bond motifs is 1. The Kier molecular flexibility index (Phi) is 8.16. The van der Waals surface area contributed by atoms with Crippen LogP contribution in [0.4, 0.5) is 0 Å². The first-order valence-corrected chi connectivity index (χ1v) is 8.76. The van der Waals surface area contributed by atoms with Gasteiger partial charge in [-0.2, -0.15) is 4.98 Å². The second-order valence-electron chi connectivity index (χ2n) is 5.46. The van der Waals surface area contributed by atoms with Crippen molar-refractivity contribution in [1.82, 2.24) is 15.0 Å². The van der Waals surface area contributed by atoms with Gasteiger partial charge in [0.1, 0.15) is 11.5 Å². The number of hydrogen-bond acceptors (Lipinski definition) is 5. The van der Waals surface area contributed by atoms with Crippen molar-refractivity contribution < 1.29 is 19.5 Å². The minimum Gasteiger partial charge on any atom is -0.609 e. The number of aromatic amines is 1. The van der Waals surface area contributed by atoms with E-state index in [0.717, 1.165) is 33.6 Å². The molecule has 1 atom stereocenters. The van der Waals surface area contributed by atoms with Crippen LogP contribution in [0.1, 0.15) is 16.8 Å². The Morgan fingerprint density at radius 2 is 1.92 bits per heavy atom. The predicted octanol–water partition coefficient (Wildman–Crippen LogP) is 1.16. The van der Waals surface area contributed by atoms with E-state index in [1.165, 1.54) is 0 Å². The molecule has 7 nitrogen and oxygen atoms in total. The molecule has 9 heteroatoms. The minimum absolute atomic E-state index is 0. The van der Waals surface area contributed by atoms with Gasteiger partial charge in [0, 0.05) is 34.6 Å². The van der Waals surface area contributed by atoms with Crippen LogP contribution in [0.2, 0.25) is 0 Å². The topological polar surface area (TPSA) is 115 Å². The van der Waals surface area contributed by atoms with Crippen molar-refractivity contribution in [3.63, 3.8) is 0 Å². The highest BCUT2D eigenvalue weighted by Gasteiger charge is 2.21. The number of aryl methyl sites for hydroxylation is 1. The van der Waals surface area contributed by atoms with E-state index in [0.29, 0.717) is 10.9 Å². The molecule has 0 saturated carbocycles. The highest BCUT2D eigenvalue weighted by Crippen LogP contribution is 2.27. The van der Waals surface area contributed by atoms with E-state index < -0.39 is 11.2 Å². The Bertz CT molecular complexity index is 888. The minimum atomic E-state index is -1.33. The molecule has 0 spiro atoms. The largest absolute Gasteiger partial charge is 0.609 e. The van der Waals surface area contributed by atoms with Crippen molar-refractivity contribution in [2.45, 2.75) is 24.8 Å². The number of pyridine rings is 1. The molecule has 138 valence electrons. The molecular formula is C17H23MgN3O4S. The number of rotatable bonds is 5. The van der Waals surface area contributed by atoms with E-state index in [-0.39, 0.29) is 34.3 Å². The van der Waals surface area contributed by atoms with Crippen LogP contribution in [-0.4, -0.2) is 62.3 Å². The van der Waals surface area contributed by atoms with Crippen LogP contribution in [0.25, 0.3) is 11.0 Å². The van der Waals surface area contributed by atoms with Crippen LogP contribution in [0.3, 0.4) is 0 Å². The lowest BCUT2D eigenvalue weighted by molar-refractivity contribution is 0.407. The van der Waals surface area contributed by atoms with E-state index in [2.05, 4.69) is 15.0 Å². The first-order valence-electron chi connectivity index (χ1n) is 7.44. The van der Waals surface area contributed by atoms with E-state index in [9.17, 15) is 4.55 Å². The molecule has 1 aromatic carbocycles. The fourth-order valence-corrected chi connectivity index (χ4v) is 3.71. The lowest BCUT2D eigenvalue weighted by Crippen LogP contribution is -2.10. The van der Waals surface area contributed by atoms with Crippen molar-refractivity contribution >= 4 is 45.3 Å². The number of methoxy groups -OCH3 is 2. The molecule has 0 aliphatic carbocycles. The molecule has 0 aliphatic rings. The van der Waals surface area contributed by atoms with Crippen molar-refractivity contribution in [2.24, 2.45) is 0 Å². The van der Waals surface area contributed by atoms with Gasteiger partial charge in [0.05, 0.1) is 30.9 Å². The molecule has 2 heterocycles. The van der Waals surface area contributed by atoms with Crippen LogP contribution in [0.15, 0.2) is 29.6 Å². The Hall–Kier alpha value is -1.52. The normalized spacial score (nSPS) is 11.4. The molecule has 3 rings (SSSR count). The number of nitrogens with one attached hydrogen (secondary N) is 1. The molecule has 0 fully saturated rings. The first-order chi connectivity index (χ1) is 11.5. The van der Waals surface area contributed by atoms with E-state index in [4.69, 9.17) is 9.47 Å². The van der Waals surface area contributed by atoms with Crippen molar-refractivity contribution in [3.05, 3.63) is 41.2 Å². The Morgan fingerprint density at radius 3 is 2.58 bits per heavy atom. The Labute approximate surface area is 171 Å². The number of aromatic nitrogens is 3. The average Bonchev–Trinajstić information content (AvgIpc) is 3.01. The zero-order chi connectivity index (χ0) is 17.3. The zero-order valence-electron chi connectivity index (χ0n) is 14.5. The summed E-state index contributed by atoms with van der Waals surface area (Å²) in [5.41, 5.74) is 4.16. The Morgan fingerprint density at radius 1 is 1.19 bits per heavy atom. The maximum absolute atomic E-state index is 12.7. The molecule has 26 heavy (non-hydrogen) atoms. The van der Waals surface area contributed by atoms with Gasteiger partial charge < -0.3 is 19.5 Å². The highest BCUT2D eigenvalue weighted by molar-refractivity contribution is 7.90. The Balaban J connectivity index is 0.00000169. The smallest absolute Gasteiger partial charge is 0.322 e. The van der Waals surface area contributed by atoms with Crippen LogP contribution >= 0.6 is 0 Å². The van der Waals surface area contributed by atoms with Crippen molar-refractivity contribution in [2.75, 3.05) is 14.2 Å². The first kappa shape index (κ1) is 22.5. The number of ether oxygens (including phenoxy) is 2.